The summed E-state index contributed by atoms with van der Waals surface area (Å²) < 4.78 is 1.38. The van der Waals surface area contributed by atoms with Crippen molar-refractivity contribution in [2.45, 2.75) is 13.3 Å². The number of H-pyrrole nitrogens is 1. The Morgan fingerprint density at radius 2 is 2.03 bits per heavy atom. The molecule has 0 atom stereocenters. The fourth-order valence-corrected chi connectivity index (χ4v) is 3.85. The molecule has 2 heterocycles. The molecule has 0 unspecified atom stereocenters. The lowest BCUT2D eigenvalue weighted by Crippen LogP contribution is -2.16. The van der Waals surface area contributed by atoms with Crippen molar-refractivity contribution in [1.29, 1.82) is 0 Å². The van der Waals surface area contributed by atoms with Crippen LogP contribution in [0.1, 0.15) is 23.6 Å². The second kappa shape index (κ2) is 7.63. The predicted octanol–water partition coefficient (Wildman–Crippen LogP) is 5.73. The third-order valence-corrected chi connectivity index (χ3v) is 5.75. The number of rotatable bonds is 3. The van der Waals surface area contributed by atoms with Crippen LogP contribution in [0, 0.1) is 4.77 Å². The molecule has 0 saturated carbocycles. The number of aromatic hydroxyl groups is 1. The molecule has 0 radical (unpaired) electrons. The Balaban J connectivity index is 1.91. The summed E-state index contributed by atoms with van der Waals surface area (Å²) in [7, 11) is 0. The second-order valence-corrected chi connectivity index (χ2v) is 7.66. The summed E-state index contributed by atoms with van der Waals surface area (Å²) >= 11 is 17.3. The highest BCUT2D eigenvalue weighted by atomic mass is 35.5. The van der Waals surface area contributed by atoms with Gasteiger partial charge in [-0.25, -0.2) is 0 Å². The van der Waals surface area contributed by atoms with E-state index in [0.717, 1.165) is 28.8 Å². The van der Waals surface area contributed by atoms with Crippen molar-refractivity contribution in [3.63, 3.8) is 0 Å². The molecule has 1 aliphatic heterocycles. The van der Waals surface area contributed by atoms with E-state index in [9.17, 15) is 9.90 Å². The van der Waals surface area contributed by atoms with E-state index in [-0.39, 0.29) is 16.2 Å². The fourth-order valence-electron chi connectivity index (χ4n) is 3.27. The van der Waals surface area contributed by atoms with Gasteiger partial charge < -0.3 is 5.11 Å². The number of aromatic amines is 1. The average Bonchev–Trinajstić information content (AvgIpc) is 3.10. The van der Waals surface area contributed by atoms with Crippen LogP contribution in [0.3, 0.4) is 0 Å². The van der Waals surface area contributed by atoms with E-state index < -0.39 is 5.56 Å². The molecule has 1 aliphatic rings. The van der Waals surface area contributed by atoms with Gasteiger partial charge in [-0.05, 0) is 48.5 Å². The predicted molar refractivity (Wildman–Crippen MR) is 121 cm³/mol. The molecule has 3 aromatic rings. The van der Waals surface area contributed by atoms with Gasteiger partial charge in [0.25, 0.3) is 5.56 Å². The molecular formula is C21H15Cl2N3O2S. The lowest BCUT2D eigenvalue weighted by Gasteiger charge is -2.12. The Morgan fingerprint density at radius 1 is 1.24 bits per heavy atom. The Hall–Kier alpha value is -2.67. The number of aryl methyl sites for hydroxylation is 1. The van der Waals surface area contributed by atoms with Crippen LogP contribution < -0.4 is 5.56 Å². The first-order chi connectivity index (χ1) is 13.9. The van der Waals surface area contributed by atoms with E-state index in [1.807, 2.05) is 18.2 Å². The van der Waals surface area contributed by atoms with Gasteiger partial charge in [0, 0.05) is 17.4 Å². The van der Waals surface area contributed by atoms with E-state index in [1.165, 1.54) is 4.57 Å². The Labute approximate surface area is 181 Å². The number of hydrogen-bond acceptors (Lipinski definition) is 4. The summed E-state index contributed by atoms with van der Waals surface area (Å²) in [6.07, 6.45) is 4.14. The number of fused-ring (bicyclic) bond motifs is 1. The van der Waals surface area contributed by atoms with Crippen LogP contribution in [0.15, 0.2) is 46.2 Å². The van der Waals surface area contributed by atoms with Crippen molar-refractivity contribution in [2.24, 2.45) is 4.99 Å². The number of aromatic nitrogens is 2. The Kier molecular flexibility index (Phi) is 5.17. The average molecular weight is 444 g/mol. The van der Waals surface area contributed by atoms with Crippen molar-refractivity contribution in [1.82, 2.24) is 9.55 Å². The molecule has 0 amide bonds. The molecule has 146 valence electrons. The minimum Gasteiger partial charge on any atom is -0.494 e. The zero-order valence-corrected chi connectivity index (χ0v) is 17.6. The molecule has 2 aromatic carbocycles. The van der Waals surface area contributed by atoms with Crippen LogP contribution in [-0.4, -0.2) is 20.9 Å². The lowest BCUT2D eigenvalue weighted by atomic mass is 10.0. The summed E-state index contributed by atoms with van der Waals surface area (Å²) in [6.45, 7) is 2.06. The number of aliphatic imine (C=N–C) groups is 1. The van der Waals surface area contributed by atoms with Crippen LogP contribution in [0.2, 0.25) is 10.0 Å². The molecule has 5 nitrogen and oxygen atoms in total. The first-order valence-corrected chi connectivity index (χ1v) is 9.99. The normalized spacial score (nSPS) is 13.8. The maximum absolute atomic E-state index is 12.6. The summed E-state index contributed by atoms with van der Waals surface area (Å²) in [6, 6.07) is 10.7. The zero-order chi connectivity index (χ0) is 20.7. The number of nitrogens with zero attached hydrogens (tertiary/aromatic N) is 2. The van der Waals surface area contributed by atoms with Crippen LogP contribution in [0.25, 0.3) is 17.3 Å². The topological polar surface area (TPSA) is 70.4 Å². The van der Waals surface area contributed by atoms with E-state index >= 15 is 0 Å². The third-order valence-electron chi connectivity index (χ3n) is 4.73. The largest absolute Gasteiger partial charge is 0.494 e. The highest BCUT2D eigenvalue weighted by molar-refractivity contribution is 7.71. The Bertz CT molecular complexity index is 1320. The fraction of sp³-hybridized carbons (Fsp3) is 0.0952. The maximum atomic E-state index is 12.6. The SMILES string of the molecule is CCc1cccc2c1N=CC2=Cc1c(O)n(-c2ccc(Cl)c(Cl)c2)c(=S)[nH]c1=O. The molecule has 0 bridgehead atoms. The number of allylic oxidation sites excluding steroid dienone is 1. The number of nitrogens with one attached hydrogen (secondary N) is 1. The summed E-state index contributed by atoms with van der Waals surface area (Å²) in [5.74, 6) is -0.293. The van der Waals surface area contributed by atoms with Gasteiger partial charge in [-0.15, -0.1) is 0 Å². The van der Waals surface area contributed by atoms with Crippen LogP contribution in [0.4, 0.5) is 5.69 Å². The van der Waals surface area contributed by atoms with Gasteiger partial charge in [0.15, 0.2) is 4.77 Å². The van der Waals surface area contributed by atoms with Crippen LogP contribution >= 0.6 is 35.4 Å². The highest BCUT2D eigenvalue weighted by Crippen LogP contribution is 2.36. The summed E-state index contributed by atoms with van der Waals surface area (Å²) in [5.41, 5.74) is 3.69. The minimum atomic E-state index is -0.496. The van der Waals surface area contributed by atoms with Crippen LogP contribution in [-0.2, 0) is 6.42 Å². The lowest BCUT2D eigenvalue weighted by molar-refractivity contribution is 0.432. The standard InChI is InChI=1S/C21H15Cl2N3O2S/c1-2-11-4-3-5-14-12(10-24-18(11)14)8-15-19(27)25-21(29)26(20(15)28)13-6-7-16(22)17(23)9-13/h3-10,28H,2H2,1H3,(H,25,27,29). The van der Waals surface area contributed by atoms with Crippen molar-refractivity contribution in [3.05, 3.63) is 78.3 Å². The van der Waals surface area contributed by atoms with Gasteiger partial charge in [-0.2, -0.15) is 0 Å². The molecule has 29 heavy (non-hydrogen) atoms. The number of hydrogen-bond donors (Lipinski definition) is 2. The smallest absolute Gasteiger partial charge is 0.262 e. The second-order valence-electron chi connectivity index (χ2n) is 6.46. The van der Waals surface area contributed by atoms with Crippen molar-refractivity contribution in [2.75, 3.05) is 0 Å². The number of para-hydroxylation sites is 1. The first-order valence-electron chi connectivity index (χ1n) is 8.82. The van der Waals surface area contributed by atoms with Crippen molar-refractivity contribution >= 4 is 59.0 Å². The third kappa shape index (κ3) is 3.44. The molecule has 1 aromatic heterocycles. The molecule has 0 saturated heterocycles. The van der Waals surface area contributed by atoms with E-state index in [1.54, 1.807) is 30.5 Å². The molecule has 8 heteroatoms. The summed E-state index contributed by atoms with van der Waals surface area (Å²) in [4.78, 5) is 19.6. The van der Waals surface area contributed by atoms with Gasteiger partial charge in [0.2, 0.25) is 5.88 Å². The maximum Gasteiger partial charge on any atom is 0.262 e. The molecule has 0 spiro atoms. The van der Waals surface area contributed by atoms with E-state index in [0.29, 0.717) is 15.7 Å². The van der Waals surface area contributed by atoms with E-state index in [4.69, 9.17) is 35.4 Å². The van der Waals surface area contributed by atoms with Gasteiger partial charge in [0.1, 0.15) is 5.56 Å². The monoisotopic (exact) mass is 443 g/mol. The zero-order valence-electron chi connectivity index (χ0n) is 15.2. The number of halogens is 2. The molecule has 2 N–H and O–H groups in total. The number of benzene rings is 2. The van der Waals surface area contributed by atoms with Crippen molar-refractivity contribution in [3.8, 4) is 11.6 Å². The molecule has 0 fully saturated rings. The Morgan fingerprint density at radius 3 is 2.76 bits per heavy atom. The first kappa shape index (κ1) is 19.6. The van der Waals surface area contributed by atoms with Gasteiger partial charge in [-0.1, -0.05) is 48.3 Å². The molecule has 4 rings (SSSR count). The molecular weight excluding hydrogens is 429 g/mol. The van der Waals surface area contributed by atoms with E-state index in [2.05, 4.69) is 16.9 Å². The summed E-state index contributed by atoms with van der Waals surface area (Å²) in [5, 5.41) is 11.6. The van der Waals surface area contributed by atoms with Gasteiger partial charge >= 0.3 is 0 Å². The quantitative estimate of drug-likeness (QED) is 0.507. The van der Waals surface area contributed by atoms with Crippen LogP contribution in [0.5, 0.6) is 5.88 Å². The molecule has 0 aliphatic carbocycles. The highest BCUT2D eigenvalue weighted by Gasteiger charge is 2.18. The van der Waals surface area contributed by atoms with Crippen molar-refractivity contribution < 1.29 is 5.11 Å². The van der Waals surface area contributed by atoms with Gasteiger partial charge in [0.05, 0.1) is 21.4 Å². The van der Waals surface area contributed by atoms with Gasteiger partial charge in [-0.3, -0.25) is 19.3 Å². The minimum absolute atomic E-state index is 0.0433.